The van der Waals surface area contributed by atoms with Gasteiger partial charge in [0.15, 0.2) is 0 Å². The van der Waals surface area contributed by atoms with E-state index in [0.29, 0.717) is 0 Å². The van der Waals surface area contributed by atoms with Gasteiger partial charge >= 0.3 is 14.1 Å². The Morgan fingerprint density at radius 1 is 0.560 bits per heavy atom. The van der Waals surface area contributed by atoms with E-state index >= 15 is 0 Å². The monoisotopic (exact) mass is 336 g/mol. The third-order valence-electron chi connectivity index (χ3n) is 4.33. The first-order valence-corrected chi connectivity index (χ1v) is 10.1. The summed E-state index contributed by atoms with van der Waals surface area (Å²) in [5, 5.41) is 0. The van der Waals surface area contributed by atoms with Gasteiger partial charge in [-0.1, -0.05) is 81.6 Å². The van der Waals surface area contributed by atoms with Crippen LogP contribution >= 0.6 is 0 Å². The van der Waals surface area contributed by atoms with Crippen LogP contribution in [0.1, 0.15) is 0 Å². The molecule has 25 heavy (non-hydrogen) atoms. The number of hydrogen-bond donors (Lipinski definition) is 0. The van der Waals surface area contributed by atoms with Crippen LogP contribution in [0, 0.1) is 0 Å². The number of benzene rings is 2. The van der Waals surface area contributed by atoms with Gasteiger partial charge in [0.05, 0.1) is 5.69 Å². The second-order valence-electron chi connectivity index (χ2n) is 5.90. The molecule has 0 unspecified atom stereocenters. The van der Waals surface area contributed by atoms with Crippen LogP contribution in [0.4, 0.5) is 0 Å². The van der Waals surface area contributed by atoms with E-state index in [1.807, 2.05) is 30.6 Å². The molecule has 0 saturated heterocycles. The largest absolute Gasteiger partial charge is 0.412 e. The number of aromatic nitrogens is 2. The molecule has 0 saturated carbocycles. The first-order chi connectivity index (χ1) is 12.4. The van der Waals surface area contributed by atoms with Crippen LogP contribution in [0.15, 0.2) is 103 Å². The van der Waals surface area contributed by atoms with Gasteiger partial charge in [0.25, 0.3) is 0 Å². The average Bonchev–Trinajstić information content (AvgIpc) is 2.71. The maximum Gasteiger partial charge on any atom is 0.412 e. The molecular weight excluding hydrogens is 319 g/mol. The van der Waals surface area contributed by atoms with E-state index in [0.717, 1.165) is 5.69 Å². The van der Waals surface area contributed by atoms with Crippen molar-refractivity contribution in [1.29, 1.82) is 0 Å². The Labute approximate surface area is 152 Å². The predicted molar refractivity (Wildman–Crippen MR) is 105 cm³/mol. The average molecular weight is 336 g/mol. The highest BCUT2D eigenvalue weighted by Gasteiger charge is 2.29. The molecule has 0 bridgehead atoms. The molecule has 2 aromatic heterocycles. The Hall–Kier alpha value is -2.73. The smallest absolute Gasteiger partial charge is 0.279 e. The maximum atomic E-state index is 4.71. The number of nitrogens with zero attached hydrogens (tertiary/aromatic N) is 2. The summed E-state index contributed by atoms with van der Waals surface area (Å²) in [6.07, 6.45) is 3.74. The molecule has 0 spiro atoms. The Morgan fingerprint density at radius 2 is 1.24 bits per heavy atom. The van der Waals surface area contributed by atoms with Crippen molar-refractivity contribution in [3.8, 4) is 11.3 Å². The van der Waals surface area contributed by atoms with Crippen LogP contribution in [0.25, 0.3) is 11.3 Å². The van der Waals surface area contributed by atoms with Crippen molar-refractivity contribution in [3.63, 3.8) is 0 Å². The van der Waals surface area contributed by atoms with Gasteiger partial charge in [0.2, 0.25) is 0 Å². The standard InChI is InChI=1S/C11H8N.C6H5.C5H4N.Al/c1-2-6-10(7-3-1)11-8-4-5-9-12-11;2*1-2-4-6-5-3-1;/h1-6,8-9H;1-5H;1-4H;. The first kappa shape index (κ1) is 15.8. The quantitative estimate of drug-likeness (QED) is 0.536. The number of hydrogen-bond acceptors (Lipinski definition) is 2. The highest BCUT2D eigenvalue weighted by molar-refractivity contribution is 6.95. The lowest BCUT2D eigenvalue weighted by Gasteiger charge is -2.16. The Bertz CT molecular complexity index is 902. The fourth-order valence-electron chi connectivity index (χ4n) is 3.21. The Balaban J connectivity index is 1.93. The van der Waals surface area contributed by atoms with Gasteiger partial charge in [-0.2, -0.15) is 0 Å². The zero-order chi connectivity index (χ0) is 16.9. The fourth-order valence-corrected chi connectivity index (χ4v) is 6.23. The molecule has 0 aliphatic heterocycles. The van der Waals surface area contributed by atoms with Crippen molar-refractivity contribution < 1.29 is 0 Å². The summed E-state index contributed by atoms with van der Waals surface area (Å²) < 4.78 is 3.90. The van der Waals surface area contributed by atoms with Gasteiger partial charge in [-0.25, -0.2) is 0 Å². The van der Waals surface area contributed by atoms with Gasteiger partial charge in [-0.05, 0) is 28.3 Å². The van der Waals surface area contributed by atoms with Crippen molar-refractivity contribution in [2.45, 2.75) is 0 Å². The molecular formula is C22H17AlN2. The first-order valence-electron chi connectivity index (χ1n) is 8.40. The molecule has 0 N–H and O–H groups in total. The van der Waals surface area contributed by atoms with Crippen molar-refractivity contribution in [1.82, 2.24) is 9.97 Å². The summed E-state index contributed by atoms with van der Waals surface area (Å²) in [7, 11) is 0. The third kappa shape index (κ3) is 3.39. The van der Waals surface area contributed by atoms with E-state index in [4.69, 9.17) is 4.98 Å². The summed E-state index contributed by atoms with van der Waals surface area (Å²) in [5.74, 6) is 0. The molecule has 0 fully saturated rings. The van der Waals surface area contributed by atoms with Gasteiger partial charge < -0.3 is 0 Å². The van der Waals surface area contributed by atoms with Gasteiger partial charge in [-0.15, -0.1) is 0 Å². The summed E-state index contributed by atoms with van der Waals surface area (Å²) in [4.78, 5) is 9.29. The lowest BCUT2D eigenvalue weighted by Crippen LogP contribution is -2.53. The van der Waals surface area contributed by atoms with E-state index in [1.165, 1.54) is 19.0 Å². The SMILES string of the molecule is c1cc[c]([Al]([c]2ccccn2)[c]2ccccc2-c2ccccn2)cc1. The minimum atomic E-state index is -1.67. The maximum absolute atomic E-state index is 4.71. The van der Waals surface area contributed by atoms with E-state index in [1.54, 1.807) is 0 Å². The zero-order valence-corrected chi connectivity index (χ0v) is 14.9. The van der Waals surface area contributed by atoms with Crippen molar-refractivity contribution in [3.05, 3.63) is 103 Å². The topological polar surface area (TPSA) is 25.8 Å². The van der Waals surface area contributed by atoms with Gasteiger partial charge in [-0.3, -0.25) is 9.97 Å². The molecule has 0 atom stereocenters. The lowest BCUT2D eigenvalue weighted by molar-refractivity contribution is 1.33. The number of pyridine rings is 2. The predicted octanol–water partition coefficient (Wildman–Crippen LogP) is 2.66. The summed E-state index contributed by atoms with van der Waals surface area (Å²) in [6.45, 7) is 0. The van der Waals surface area contributed by atoms with Crippen molar-refractivity contribution in [2.24, 2.45) is 0 Å². The normalized spacial score (nSPS) is 10.4. The van der Waals surface area contributed by atoms with E-state index in [9.17, 15) is 0 Å². The van der Waals surface area contributed by atoms with Crippen LogP contribution in [0.2, 0.25) is 0 Å². The lowest BCUT2D eigenvalue weighted by atomic mass is 10.1. The van der Waals surface area contributed by atoms with Crippen molar-refractivity contribution >= 4 is 27.6 Å². The molecule has 3 heteroatoms. The van der Waals surface area contributed by atoms with E-state index < -0.39 is 14.1 Å². The van der Waals surface area contributed by atoms with Crippen LogP contribution < -0.4 is 13.4 Å². The highest BCUT2D eigenvalue weighted by Crippen LogP contribution is 2.14. The molecule has 0 aliphatic carbocycles. The minimum Gasteiger partial charge on any atom is -0.279 e. The third-order valence-corrected chi connectivity index (χ3v) is 7.44. The molecule has 2 aromatic carbocycles. The molecule has 2 heterocycles. The zero-order valence-electron chi connectivity index (χ0n) is 13.8. The molecule has 0 aliphatic rings. The molecule has 4 aromatic rings. The second kappa shape index (κ2) is 7.44. The van der Waals surface area contributed by atoms with Crippen LogP contribution in [0.5, 0.6) is 0 Å². The van der Waals surface area contributed by atoms with Crippen molar-refractivity contribution in [2.75, 3.05) is 0 Å². The Morgan fingerprint density at radius 3 is 1.96 bits per heavy atom. The summed E-state index contributed by atoms with van der Waals surface area (Å²) in [5.41, 5.74) is 2.22. The second-order valence-corrected chi connectivity index (χ2v) is 8.65. The summed E-state index contributed by atoms with van der Waals surface area (Å²) >= 11 is -1.67. The van der Waals surface area contributed by atoms with Crippen LogP contribution in [-0.4, -0.2) is 24.1 Å². The number of rotatable bonds is 4. The highest BCUT2D eigenvalue weighted by atomic mass is 27.2. The van der Waals surface area contributed by atoms with Gasteiger partial charge in [0.1, 0.15) is 0 Å². The summed E-state index contributed by atoms with van der Waals surface area (Å²) in [6, 6.07) is 31.6. The van der Waals surface area contributed by atoms with Crippen LogP contribution in [0.3, 0.4) is 0 Å². The molecule has 4 rings (SSSR count). The fraction of sp³-hybridized carbons (Fsp3) is 0. The Kier molecular flexibility index (Phi) is 4.70. The molecule has 2 nitrogen and oxygen atoms in total. The molecule has 0 amide bonds. The molecule has 118 valence electrons. The van der Waals surface area contributed by atoms with E-state index in [2.05, 4.69) is 77.8 Å². The molecule has 0 radical (unpaired) electrons. The minimum absolute atomic E-state index is 1.02. The van der Waals surface area contributed by atoms with E-state index in [-0.39, 0.29) is 0 Å². The van der Waals surface area contributed by atoms with Gasteiger partial charge in [0, 0.05) is 12.4 Å². The van der Waals surface area contributed by atoms with Crippen LogP contribution in [-0.2, 0) is 0 Å².